The molecule has 2 N–H and O–H groups in total. The molecule has 4 nitrogen and oxygen atoms in total. The monoisotopic (exact) mass is 508 g/mol. The summed E-state index contributed by atoms with van der Waals surface area (Å²) >= 11 is 0. The lowest BCUT2D eigenvalue weighted by molar-refractivity contribution is -0.274. The molecule has 3 aromatic carbocycles. The van der Waals surface area contributed by atoms with Crippen LogP contribution in [0.4, 0.5) is 17.6 Å². The van der Waals surface area contributed by atoms with Crippen LogP contribution in [0.2, 0.25) is 0 Å². The number of hydrogen-bond donors (Lipinski definition) is 2. The van der Waals surface area contributed by atoms with Gasteiger partial charge in [-0.15, -0.1) is 13.2 Å². The number of likely N-dealkylation sites (N-methyl/N-ethyl adjacent to an activating group) is 1. The van der Waals surface area contributed by atoms with Gasteiger partial charge in [-0.2, -0.15) is 13.5 Å². The smallest absolute Gasteiger partial charge is 0.405 e. The summed E-state index contributed by atoms with van der Waals surface area (Å²) in [6.45, 7) is 0.219. The highest BCUT2D eigenvalue weighted by Crippen LogP contribution is 2.40. The second-order valence-electron chi connectivity index (χ2n) is 7.64. The molecule has 35 heavy (non-hydrogen) atoms. The van der Waals surface area contributed by atoms with Crippen molar-refractivity contribution in [1.29, 1.82) is 0 Å². The van der Waals surface area contributed by atoms with Gasteiger partial charge in [0.25, 0.3) is 0 Å². The highest BCUT2D eigenvalue weighted by atomic mass is 32.1. The van der Waals surface area contributed by atoms with Crippen LogP contribution in [0.25, 0.3) is 22.0 Å². The van der Waals surface area contributed by atoms with E-state index in [0.717, 1.165) is 0 Å². The molecule has 0 unspecified atom stereocenters. The van der Waals surface area contributed by atoms with Crippen molar-refractivity contribution in [2.45, 2.75) is 25.9 Å². The van der Waals surface area contributed by atoms with E-state index in [1.54, 1.807) is 60.3 Å². The van der Waals surface area contributed by atoms with Crippen LogP contribution < -0.4 is 10.1 Å². The Balaban J connectivity index is 0.00000216. The zero-order valence-electron chi connectivity index (χ0n) is 18.2. The van der Waals surface area contributed by atoms with Crippen molar-refractivity contribution in [2.75, 3.05) is 13.6 Å². The Morgan fingerprint density at radius 3 is 2.34 bits per heavy atom. The number of nitrogens with zero attached hydrogens (tertiary/aromatic N) is 1. The Morgan fingerprint density at radius 2 is 1.66 bits per heavy atom. The fourth-order valence-electron chi connectivity index (χ4n) is 4.13. The SMILES string of the molecule is C.CNC[C@@H](O)[C@H](c1cccc(F)c1)n1cc(-c2ccccc2OC(F)(F)F)c2ccccc21.S. The molecule has 0 aliphatic carbocycles. The first-order valence-electron chi connectivity index (χ1n) is 10.3. The minimum Gasteiger partial charge on any atom is -0.405 e. The number of alkyl halides is 3. The van der Waals surface area contributed by atoms with Crippen LogP contribution in [0.3, 0.4) is 0 Å². The first-order chi connectivity index (χ1) is 15.8. The molecule has 2 atom stereocenters. The minimum absolute atomic E-state index is 0. The lowest BCUT2D eigenvalue weighted by Gasteiger charge is -2.26. The Hall–Kier alpha value is -3.01. The third-order valence-electron chi connectivity index (χ3n) is 5.41. The second-order valence-corrected chi connectivity index (χ2v) is 7.64. The molecule has 0 aliphatic rings. The average molecular weight is 509 g/mol. The largest absolute Gasteiger partial charge is 0.573 e. The first kappa shape index (κ1) is 28.2. The number of nitrogens with one attached hydrogen (secondary N) is 1. The maximum Gasteiger partial charge on any atom is 0.573 e. The summed E-state index contributed by atoms with van der Waals surface area (Å²) in [5.74, 6) is -0.777. The summed E-state index contributed by atoms with van der Waals surface area (Å²) in [6, 6.07) is 18.3. The third-order valence-corrected chi connectivity index (χ3v) is 5.41. The summed E-state index contributed by atoms with van der Waals surface area (Å²) in [5, 5.41) is 14.6. The van der Waals surface area contributed by atoms with E-state index in [-0.39, 0.29) is 38.8 Å². The predicted octanol–water partition coefficient (Wildman–Crippen LogP) is 6.26. The van der Waals surface area contributed by atoms with E-state index in [2.05, 4.69) is 10.1 Å². The van der Waals surface area contributed by atoms with Gasteiger partial charge in [-0.1, -0.05) is 56.0 Å². The molecule has 0 bridgehead atoms. The van der Waals surface area contributed by atoms with Crippen molar-refractivity contribution in [2.24, 2.45) is 0 Å². The Labute approximate surface area is 208 Å². The molecule has 0 radical (unpaired) electrons. The van der Waals surface area contributed by atoms with Crippen molar-refractivity contribution >= 4 is 24.4 Å². The maximum atomic E-state index is 14.1. The van der Waals surface area contributed by atoms with Gasteiger partial charge in [0.05, 0.1) is 12.1 Å². The summed E-state index contributed by atoms with van der Waals surface area (Å²) < 4.78 is 59.2. The normalized spacial score (nSPS) is 13.0. The zero-order chi connectivity index (χ0) is 23.6. The number of aliphatic hydroxyl groups excluding tert-OH is 1. The van der Waals surface area contributed by atoms with Crippen molar-refractivity contribution in [3.8, 4) is 16.9 Å². The predicted molar refractivity (Wildman–Crippen MR) is 136 cm³/mol. The van der Waals surface area contributed by atoms with Gasteiger partial charge >= 0.3 is 6.36 Å². The standard InChI is InChI=1S/C25H22F4N2O2.CH4.H2S/c1-30-14-22(32)24(16-7-6-8-17(26)13-16)31-15-20(18-9-2-4-11-21(18)31)19-10-3-5-12-23(19)33-25(27,28)29;;/h2-13,15,22,24,30,32H,14H2,1H3;1H4;1H2/t22-,24+;;/m1../s1. The number of benzene rings is 3. The molecule has 9 heteroatoms. The first-order valence-corrected chi connectivity index (χ1v) is 10.3. The molecule has 4 rings (SSSR count). The molecule has 0 saturated carbocycles. The summed E-state index contributed by atoms with van der Waals surface area (Å²) in [7, 11) is 1.69. The topological polar surface area (TPSA) is 46.4 Å². The summed E-state index contributed by atoms with van der Waals surface area (Å²) in [6.07, 6.45) is -4.11. The van der Waals surface area contributed by atoms with Crippen LogP contribution in [-0.2, 0) is 0 Å². The Kier molecular flexibility index (Phi) is 9.37. The van der Waals surface area contributed by atoms with Crippen LogP contribution in [0.5, 0.6) is 5.75 Å². The van der Waals surface area contributed by atoms with Gasteiger partial charge in [-0.25, -0.2) is 4.39 Å². The summed E-state index contributed by atoms with van der Waals surface area (Å²) in [5.41, 5.74) is 1.97. The van der Waals surface area contributed by atoms with E-state index in [9.17, 15) is 22.7 Å². The fourth-order valence-corrected chi connectivity index (χ4v) is 4.13. The fraction of sp³-hybridized carbons (Fsp3) is 0.231. The van der Waals surface area contributed by atoms with Gasteiger partial charge in [-0.3, -0.25) is 0 Å². The van der Waals surface area contributed by atoms with Gasteiger partial charge in [0.1, 0.15) is 11.6 Å². The molecule has 0 amide bonds. The number of rotatable bonds is 7. The lowest BCUT2D eigenvalue weighted by atomic mass is 10.0. The second kappa shape index (κ2) is 11.6. The number of aliphatic hydroxyl groups is 1. The van der Waals surface area contributed by atoms with Gasteiger partial charge < -0.3 is 19.7 Å². The number of halogens is 4. The molecule has 0 fully saturated rings. The molecule has 1 aromatic heterocycles. The third kappa shape index (κ3) is 6.17. The number of fused-ring (bicyclic) bond motifs is 1. The highest BCUT2D eigenvalue weighted by molar-refractivity contribution is 7.59. The van der Waals surface area contributed by atoms with Crippen molar-refractivity contribution in [3.63, 3.8) is 0 Å². The Morgan fingerprint density at radius 1 is 0.971 bits per heavy atom. The average Bonchev–Trinajstić information content (AvgIpc) is 3.13. The molecule has 4 aromatic rings. The van der Waals surface area contributed by atoms with Crippen LogP contribution in [-0.4, -0.2) is 35.7 Å². The van der Waals surface area contributed by atoms with Crippen LogP contribution in [0.15, 0.2) is 79.0 Å². The zero-order valence-corrected chi connectivity index (χ0v) is 19.2. The molecule has 1 heterocycles. The molecule has 188 valence electrons. The van der Waals surface area contributed by atoms with E-state index in [1.807, 2.05) is 6.07 Å². The number of para-hydroxylation sites is 2. The Bertz CT molecular complexity index is 1260. The molecule has 0 aliphatic heterocycles. The number of aromatic nitrogens is 1. The molecule has 0 spiro atoms. The number of hydrogen-bond acceptors (Lipinski definition) is 3. The van der Waals surface area contributed by atoms with Gasteiger partial charge in [0, 0.05) is 34.8 Å². The van der Waals surface area contributed by atoms with E-state index in [1.165, 1.54) is 24.3 Å². The van der Waals surface area contributed by atoms with Gasteiger partial charge in [0.2, 0.25) is 0 Å². The van der Waals surface area contributed by atoms with Crippen molar-refractivity contribution in [3.05, 3.63) is 90.4 Å². The molecular formula is C26H28F4N2O2S. The van der Waals surface area contributed by atoms with Crippen LogP contribution >= 0.6 is 13.5 Å². The minimum atomic E-state index is -4.85. The van der Waals surface area contributed by atoms with Crippen molar-refractivity contribution in [1.82, 2.24) is 9.88 Å². The molecule has 0 saturated heterocycles. The van der Waals surface area contributed by atoms with Gasteiger partial charge in [0.15, 0.2) is 0 Å². The maximum absolute atomic E-state index is 14.1. The van der Waals surface area contributed by atoms with Crippen molar-refractivity contribution < 1.29 is 27.4 Å². The van der Waals surface area contributed by atoms with E-state index in [4.69, 9.17) is 0 Å². The molecular weight excluding hydrogens is 480 g/mol. The van der Waals surface area contributed by atoms with E-state index >= 15 is 0 Å². The van der Waals surface area contributed by atoms with Crippen LogP contribution in [0, 0.1) is 5.82 Å². The number of ether oxygens (including phenoxy) is 1. The quantitative estimate of drug-likeness (QED) is 0.290. The van der Waals surface area contributed by atoms with E-state index in [0.29, 0.717) is 22.0 Å². The summed E-state index contributed by atoms with van der Waals surface area (Å²) in [4.78, 5) is 0. The van der Waals surface area contributed by atoms with Gasteiger partial charge in [-0.05, 0) is 36.9 Å². The van der Waals surface area contributed by atoms with Crippen LogP contribution in [0.1, 0.15) is 19.0 Å². The lowest BCUT2D eigenvalue weighted by Crippen LogP contribution is -2.33. The van der Waals surface area contributed by atoms with E-state index < -0.39 is 24.3 Å². The highest BCUT2D eigenvalue weighted by Gasteiger charge is 2.33.